The number of nitriles is 1. The van der Waals surface area contributed by atoms with Crippen LogP contribution in [0.15, 0.2) is 78.2 Å². The number of methoxy groups -OCH3 is 3. The molecule has 180 valence electrons. The summed E-state index contributed by atoms with van der Waals surface area (Å²) in [4.78, 5) is 0. The van der Waals surface area contributed by atoms with Gasteiger partial charge in [0.15, 0.2) is 11.5 Å². The van der Waals surface area contributed by atoms with Crippen LogP contribution >= 0.6 is 0 Å². The Morgan fingerprint density at radius 3 is 2.11 bits per heavy atom. The lowest BCUT2D eigenvalue weighted by molar-refractivity contribution is 0.324. The van der Waals surface area contributed by atoms with Crippen molar-refractivity contribution < 1.29 is 18.9 Å². The molecule has 0 bridgehead atoms. The number of nitrogens with zero attached hydrogens (tertiary/aromatic N) is 2. The van der Waals surface area contributed by atoms with Crippen molar-refractivity contribution in [1.82, 2.24) is 10.2 Å². The molecule has 1 aliphatic rings. The largest absolute Gasteiger partial charge is 0.493 e. The summed E-state index contributed by atoms with van der Waals surface area (Å²) in [6.45, 7) is 0. The summed E-state index contributed by atoms with van der Waals surface area (Å²) in [5.41, 5.74) is 11.6. The van der Waals surface area contributed by atoms with E-state index in [4.69, 9.17) is 24.7 Å². The molecule has 1 unspecified atom stereocenters. The van der Waals surface area contributed by atoms with Crippen molar-refractivity contribution >= 4 is 0 Å². The lowest BCUT2D eigenvalue weighted by Gasteiger charge is -2.24. The number of hydrogen-bond acceptors (Lipinski definition) is 7. The molecular weight excluding hydrogens is 456 g/mol. The molecule has 0 amide bonds. The summed E-state index contributed by atoms with van der Waals surface area (Å²) >= 11 is 0. The van der Waals surface area contributed by atoms with Crippen LogP contribution < -0.4 is 24.7 Å². The molecule has 3 N–H and O–H groups in total. The van der Waals surface area contributed by atoms with Gasteiger partial charge in [-0.1, -0.05) is 54.6 Å². The number of nitrogens with one attached hydrogen (secondary N) is 1. The summed E-state index contributed by atoms with van der Waals surface area (Å²) in [5.74, 6) is 1.31. The zero-order chi connectivity index (χ0) is 25.2. The predicted octanol–water partition coefficient (Wildman–Crippen LogP) is 4.99. The van der Waals surface area contributed by atoms with E-state index in [1.54, 1.807) is 21.3 Å². The highest BCUT2D eigenvalue weighted by Crippen LogP contribution is 2.48. The second-order valence-electron chi connectivity index (χ2n) is 8.14. The fraction of sp³-hybridized carbons (Fsp3) is 0.143. The van der Waals surface area contributed by atoms with Crippen molar-refractivity contribution in [3.8, 4) is 51.6 Å². The number of aromatic amines is 1. The van der Waals surface area contributed by atoms with Crippen molar-refractivity contribution in [2.75, 3.05) is 21.3 Å². The first-order valence-corrected chi connectivity index (χ1v) is 11.2. The third-order valence-electron chi connectivity index (χ3n) is 6.24. The highest BCUT2D eigenvalue weighted by molar-refractivity contribution is 5.75. The first-order chi connectivity index (χ1) is 17.6. The average Bonchev–Trinajstić information content (AvgIpc) is 3.35. The zero-order valence-electron chi connectivity index (χ0n) is 20.0. The van der Waals surface area contributed by atoms with Crippen LogP contribution in [-0.4, -0.2) is 31.5 Å². The van der Waals surface area contributed by atoms with Gasteiger partial charge in [-0.15, -0.1) is 5.10 Å². The van der Waals surface area contributed by atoms with Crippen LogP contribution in [0.2, 0.25) is 0 Å². The van der Waals surface area contributed by atoms with Gasteiger partial charge in [0, 0.05) is 5.56 Å². The summed E-state index contributed by atoms with van der Waals surface area (Å²) < 4.78 is 22.3. The Labute approximate surface area is 208 Å². The van der Waals surface area contributed by atoms with Gasteiger partial charge in [0.05, 0.1) is 38.5 Å². The number of ether oxygens (including phenoxy) is 4. The Kier molecular flexibility index (Phi) is 5.97. The third kappa shape index (κ3) is 3.77. The summed E-state index contributed by atoms with van der Waals surface area (Å²) in [5, 5.41) is 17.4. The van der Waals surface area contributed by atoms with Crippen molar-refractivity contribution in [2.45, 2.75) is 5.92 Å². The maximum absolute atomic E-state index is 10.0. The van der Waals surface area contributed by atoms with E-state index < -0.39 is 5.92 Å². The molecule has 1 aromatic heterocycles. The third-order valence-corrected chi connectivity index (χ3v) is 6.24. The van der Waals surface area contributed by atoms with Gasteiger partial charge in [0.25, 0.3) is 0 Å². The maximum Gasteiger partial charge on any atom is 0.244 e. The molecule has 0 radical (unpaired) electrons. The van der Waals surface area contributed by atoms with Gasteiger partial charge in [-0.3, -0.25) is 5.10 Å². The molecule has 0 spiro atoms. The number of H-pyrrole nitrogens is 1. The lowest BCUT2D eigenvalue weighted by Crippen LogP contribution is -2.21. The van der Waals surface area contributed by atoms with Crippen molar-refractivity contribution in [3.63, 3.8) is 0 Å². The first-order valence-electron chi connectivity index (χ1n) is 11.2. The van der Waals surface area contributed by atoms with E-state index in [2.05, 4.69) is 28.4 Å². The minimum atomic E-state index is -0.489. The maximum atomic E-state index is 10.0. The fourth-order valence-corrected chi connectivity index (χ4v) is 4.52. The summed E-state index contributed by atoms with van der Waals surface area (Å²) in [6, 6.07) is 24.0. The van der Waals surface area contributed by atoms with Gasteiger partial charge in [-0.05, 0) is 28.8 Å². The van der Waals surface area contributed by atoms with Gasteiger partial charge < -0.3 is 24.7 Å². The van der Waals surface area contributed by atoms with Gasteiger partial charge in [-0.25, -0.2) is 0 Å². The molecule has 1 aliphatic heterocycles. The molecule has 2 heterocycles. The molecule has 8 nitrogen and oxygen atoms in total. The van der Waals surface area contributed by atoms with Gasteiger partial charge in [0.2, 0.25) is 17.5 Å². The first kappa shape index (κ1) is 22.9. The molecule has 4 aromatic rings. The molecule has 0 aliphatic carbocycles. The van der Waals surface area contributed by atoms with Crippen LogP contribution in [0.25, 0.3) is 22.4 Å². The van der Waals surface area contributed by atoms with E-state index in [9.17, 15) is 5.26 Å². The van der Waals surface area contributed by atoms with E-state index >= 15 is 0 Å². The van der Waals surface area contributed by atoms with E-state index in [1.807, 2.05) is 54.6 Å². The molecule has 0 fully saturated rings. The van der Waals surface area contributed by atoms with Gasteiger partial charge in [0.1, 0.15) is 11.6 Å². The van der Waals surface area contributed by atoms with Crippen LogP contribution in [0.5, 0.6) is 23.1 Å². The number of nitrogens with two attached hydrogens (primary N) is 1. The number of rotatable bonds is 6. The Morgan fingerprint density at radius 1 is 0.889 bits per heavy atom. The lowest BCUT2D eigenvalue weighted by atomic mass is 9.82. The highest BCUT2D eigenvalue weighted by atomic mass is 16.5. The smallest absolute Gasteiger partial charge is 0.244 e. The van der Waals surface area contributed by atoms with E-state index in [1.165, 1.54) is 0 Å². The number of allylic oxidation sites excluding steroid dienone is 1. The number of hydrogen-bond donors (Lipinski definition) is 2. The van der Waals surface area contributed by atoms with E-state index in [0.29, 0.717) is 40.0 Å². The van der Waals surface area contributed by atoms with Crippen LogP contribution in [0.1, 0.15) is 17.0 Å². The predicted molar refractivity (Wildman–Crippen MR) is 135 cm³/mol. The Hall–Kier alpha value is -4.90. The number of fused-ring (bicyclic) bond motifs is 1. The molecule has 36 heavy (non-hydrogen) atoms. The molecule has 3 aromatic carbocycles. The Balaban J connectivity index is 1.66. The molecular formula is C28H24N4O4. The molecule has 5 rings (SSSR count). The Morgan fingerprint density at radius 2 is 1.53 bits per heavy atom. The van der Waals surface area contributed by atoms with Crippen LogP contribution in [0.3, 0.4) is 0 Å². The van der Waals surface area contributed by atoms with Crippen molar-refractivity contribution in [3.05, 3.63) is 89.3 Å². The minimum Gasteiger partial charge on any atom is -0.493 e. The monoisotopic (exact) mass is 480 g/mol. The Bertz CT molecular complexity index is 1460. The van der Waals surface area contributed by atoms with Crippen LogP contribution in [0.4, 0.5) is 0 Å². The zero-order valence-corrected chi connectivity index (χ0v) is 20.0. The SMILES string of the molecule is COc1cc(-c2[nH]nc3c2C(c2ccc(-c4ccccc4)cc2)C(C#N)=C(N)O3)cc(OC)c1OC. The van der Waals surface area contributed by atoms with Gasteiger partial charge in [-0.2, -0.15) is 5.26 Å². The van der Waals surface area contributed by atoms with Crippen LogP contribution in [0, 0.1) is 11.3 Å². The normalized spacial score (nSPS) is 14.4. The standard InChI is InChI=1S/C28H24N4O4/c1-33-21-13-19(14-22(34-2)26(21)35-3)25-24-23(20(15-29)27(30)36-28(24)32-31-25)18-11-9-17(10-12-18)16-7-5-4-6-8-16/h4-14,23H,30H2,1-3H3,(H,31,32). The summed E-state index contributed by atoms with van der Waals surface area (Å²) in [7, 11) is 4.66. The average molecular weight is 481 g/mol. The minimum absolute atomic E-state index is 0.0325. The fourth-order valence-electron chi connectivity index (χ4n) is 4.52. The molecule has 8 heteroatoms. The highest BCUT2D eigenvalue weighted by Gasteiger charge is 2.36. The van der Waals surface area contributed by atoms with Gasteiger partial charge >= 0.3 is 0 Å². The molecule has 0 saturated heterocycles. The van der Waals surface area contributed by atoms with Crippen molar-refractivity contribution in [1.29, 1.82) is 5.26 Å². The number of benzene rings is 3. The van der Waals surface area contributed by atoms with E-state index in [-0.39, 0.29) is 5.88 Å². The molecule has 0 saturated carbocycles. The van der Waals surface area contributed by atoms with E-state index in [0.717, 1.165) is 22.3 Å². The second-order valence-corrected chi connectivity index (χ2v) is 8.14. The summed E-state index contributed by atoms with van der Waals surface area (Å²) in [6.07, 6.45) is 0. The van der Waals surface area contributed by atoms with Crippen LogP contribution in [-0.2, 0) is 0 Å². The topological polar surface area (TPSA) is 115 Å². The quantitative estimate of drug-likeness (QED) is 0.399. The molecule has 1 atom stereocenters. The number of aromatic nitrogens is 2. The second kappa shape index (κ2) is 9.39. The van der Waals surface area contributed by atoms with Crippen molar-refractivity contribution in [2.24, 2.45) is 5.73 Å².